The topological polar surface area (TPSA) is 108 Å². The lowest BCUT2D eigenvalue weighted by molar-refractivity contribution is -0.117. The standard InChI is InChI=1S/C23H21Br2N3O5/c24-16-7-13(28-10-20(30)27-23(28)32)8-17(25)21(16)33-14-3-4-19(29)15(9-14)22(31)26-18-6-11-1-2-12(18)5-11/h3-4,7-9,11-12,18,29H,1-2,5-6,10H2,(H,26,31)(H,27,30,32). The number of nitrogens with zero attached hydrogens (tertiary/aromatic N) is 1. The third-order valence-electron chi connectivity index (χ3n) is 6.58. The van der Waals surface area contributed by atoms with Crippen LogP contribution in [-0.2, 0) is 4.79 Å². The van der Waals surface area contributed by atoms with Gasteiger partial charge < -0.3 is 15.2 Å². The van der Waals surface area contributed by atoms with E-state index in [2.05, 4.69) is 42.5 Å². The Morgan fingerprint density at radius 1 is 1.12 bits per heavy atom. The van der Waals surface area contributed by atoms with Crippen molar-refractivity contribution in [2.75, 3.05) is 11.4 Å². The fourth-order valence-corrected chi connectivity index (χ4v) is 6.32. The number of imide groups is 1. The molecule has 2 aromatic carbocycles. The number of anilines is 1. The predicted molar refractivity (Wildman–Crippen MR) is 128 cm³/mol. The summed E-state index contributed by atoms with van der Waals surface area (Å²) in [5, 5.41) is 15.6. The zero-order chi connectivity index (χ0) is 23.3. The number of carbonyl (C=O) groups excluding carboxylic acids is 3. The molecule has 10 heteroatoms. The Morgan fingerprint density at radius 3 is 2.48 bits per heavy atom. The summed E-state index contributed by atoms with van der Waals surface area (Å²) in [5.41, 5.74) is 0.674. The molecule has 3 unspecified atom stereocenters. The van der Waals surface area contributed by atoms with Crippen molar-refractivity contribution >= 4 is 55.4 Å². The molecule has 2 saturated carbocycles. The molecule has 3 aliphatic rings. The smallest absolute Gasteiger partial charge is 0.329 e. The van der Waals surface area contributed by atoms with E-state index in [0.29, 0.717) is 38.0 Å². The fourth-order valence-electron chi connectivity index (χ4n) is 5.00. The maximum atomic E-state index is 12.9. The minimum Gasteiger partial charge on any atom is -0.507 e. The molecule has 8 nitrogen and oxygen atoms in total. The molecule has 2 aromatic rings. The van der Waals surface area contributed by atoms with E-state index in [-0.39, 0.29) is 35.7 Å². The zero-order valence-electron chi connectivity index (χ0n) is 17.4. The number of benzene rings is 2. The molecule has 1 aliphatic heterocycles. The summed E-state index contributed by atoms with van der Waals surface area (Å²) < 4.78 is 7.08. The normalized spacial score (nSPS) is 23.7. The van der Waals surface area contributed by atoms with Crippen LogP contribution >= 0.6 is 31.9 Å². The van der Waals surface area contributed by atoms with Gasteiger partial charge in [0.2, 0.25) is 5.91 Å². The van der Waals surface area contributed by atoms with Crippen LogP contribution in [0.25, 0.3) is 0 Å². The molecule has 5 rings (SSSR count). The lowest BCUT2D eigenvalue weighted by atomic mass is 9.95. The second-order valence-corrected chi connectivity index (χ2v) is 10.4. The van der Waals surface area contributed by atoms with E-state index in [1.807, 2.05) is 0 Å². The molecule has 1 saturated heterocycles. The van der Waals surface area contributed by atoms with Crippen LogP contribution in [0.5, 0.6) is 17.2 Å². The van der Waals surface area contributed by atoms with Gasteiger partial charge in [-0.25, -0.2) is 4.79 Å². The Morgan fingerprint density at radius 2 is 1.88 bits per heavy atom. The number of phenols is 1. The third kappa shape index (κ3) is 4.33. The number of hydrogen-bond acceptors (Lipinski definition) is 5. The summed E-state index contributed by atoms with van der Waals surface area (Å²) in [4.78, 5) is 37.6. The van der Waals surface area contributed by atoms with E-state index in [1.54, 1.807) is 18.2 Å². The van der Waals surface area contributed by atoms with E-state index in [1.165, 1.54) is 29.9 Å². The summed E-state index contributed by atoms with van der Waals surface area (Å²) in [5.74, 6) is 1.23. The van der Waals surface area contributed by atoms with Crippen molar-refractivity contribution in [2.24, 2.45) is 11.8 Å². The molecule has 3 fully saturated rings. The molecule has 2 bridgehead atoms. The van der Waals surface area contributed by atoms with E-state index >= 15 is 0 Å². The van der Waals surface area contributed by atoms with Gasteiger partial charge in [0.25, 0.3) is 5.91 Å². The third-order valence-corrected chi connectivity index (χ3v) is 7.75. The molecule has 0 aromatic heterocycles. The number of carbonyl (C=O) groups is 3. The summed E-state index contributed by atoms with van der Waals surface area (Å²) >= 11 is 6.90. The van der Waals surface area contributed by atoms with Crippen molar-refractivity contribution in [3.05, 3.63) is 44.8 Å². The first-order valence-electron chi connectivity index (χ1n) is 10.7. The van der Waals surface area contributed by atoms with Crippen molar-refractivity contribution in [3.63, 3.8) is 0 Å². The van der Waals surface area contributed by atoms with Gasteiger partial charge in [-0.15, -0.1) is 0 Å². The minimum atomic E-state index is -0.489. The van der Waals surface area contributed by atoms with Gasteiger partial charge in [-0.05, 0) is 93.3 Å². The lowest BCUT2D eigenvalue weighted by Crippen LogP contribution is -2.38. The second-order valence-electron chi connectivity index (χ2n) is 8.71. The number of fused-ring (bicyclic) bond motifs is 2. The Balaban J connectivity index is 1.34. The molecule has 3 atom stereocenters. The number of hydrogen-bond donors (Lipinski definition) is 3. The Labute approximate surface area is 206 Å². The molecule has 172 valence electrons. The molecule has 0 spiro atoms. The van der Waals surface area contributed by atoms with Gasteiger partial charge in [-0.1, -0.05) is 6.42 Å². The minimum absolute atomic E-state index is 0.0586. The Hall–Kier alpha value is -2.59. The summed E-state index contributed by atoms with van der Waals surface area (Å²) in [6.07, 6.45) is 4.56. The molecule has 4 amide bonds. The maximum absolute atomic E-state index is 12.9. The van der Waals surface area contributed by atoms with Crippen molar-refractivity contribution in [3.8, 4) is 17.2 Å². The number of aromatic hydroxyl groups is 1. The van der Waals surface area contributed by atoms with Crippen molar-refractivity contribution in [2.45, 2.75) is 31.7 Å². The summed E-state index contributed by atoms with van der Waals surface area (Å²) in [6, 6.07) is 7.52. The predicted octanol–water partition coefficient (Wildman–Crippen LogP) is 4.68. The van der Waals surface area contributed by atoms with Crippen LogP contribution in [0.1, 0.15) is 36.0 Å². The van der Waals surface area contributed by atoms with Crippen molar-refractivity contribution < 1.29 is 24.2 Å². The van der Waals surface area contributed by atoms with E-state index in [4.69, 9.17) is 4.74 Å². The van der Waals surface area contributed by atoms with Crippen LogP contribution in [0.2, 0.25) is 0 Å². The number of urea groups is 1. The van der Waals surface area contributed by atoms with Crippen LogP contribution in [0.3, 0.4) is 0 Å². The highest BCUT2D eigenvalue weighted by Gasteiger charge is 2.40. The monoisotopic (exact) mass is 577 g/mol. The van der Waals surface area contributed by atoms with Gasteiger partial charge >= 0.3 is 6.03 Å². The van der Waals surface area contributed by atoms with Crippen LogP contribution in [0.4, 0.5) is 10.5 Å². The summed E-state index contributed by atoms with van der Waals surface area (Å²) in [6.45, 7) is -0.0586. The number of ether oxygens (including phenoxy) is 1. The molecular formula is C23H21Br2N3O5. The van der Waals surface area contributed by atoms with E-state index in [0.717, 1.165) is 12.8 Å². The molecular weight excluding hydrogens is 558 g/mol. The van der Waals surface area contributed by atoms with Crippen LogP contribution in [-0.4, -0.2) is 35.5 Å². The van der Waals surface area contributed by atoms with Crippen LogP contribution in [0.15, 0.2) is 39.3 Å². The Kier molecular flexibility index (Phi) is 5.82. The quantitative estimate of drug-likeness (QED) is 0.446. The SMILES string of the molecule is O=C1CN(c2cc(Br)c(Oc3ccc(O)c(C(=O)NC4CC5CCC4C5)c3)c(Br)c2)C(=O)N1. The van der Waals surface area contributed by atoms with Gasteiger partial charge in [0.15, 0.2) is 5.75 Å². The van der Waals surface area contributed by atoms with Crippen LogP contribution in [0, 0.1) is 11.8 Å². The molecule has 1 heterocycles. The molecule has 3 N–H and O–H groups in total. The maximum Gasteiger partial charge on any atom is 0.329 e. The molecule has 33 heavy (non-hydrogen) atoms. The highest BCUT2D eigenvalue weighted by atomic mass is 79.9. The Bertz CT molecular complexity index is 1150. The van der Waals surface area contributed by atoms with Gasteiger partial charge in [-0.3, -0.25) is 19.8 Å². The summed E-state index contributed by atoms with van der Waals surface area (Å²) in [7, 11) is 0. The van der Waals surface area contributed by atoms with Crippen LogP contribution < -0.4 is 20.3 Å². The highest BCUT2D eigenvalue weighted by Crippen LogP contribution is 2.45. The number of nitrogens with one attached hydrogen (secondary N) is 2. The first-order chi connectivity index (χ1) is 15.8. The highest BCUT2D eigenvalue weighted by molar-refractivity contribution is 9.11. The molecule has 2 aliphatic carbocycles. The zero-order valence-corrected chi connectivity index (χ0v) is 20.6. The largest absolute Gasteiger partial charge is 0.507 e. The van der Waals surface area contributed by atoms with Gasteiger partial charge in [-0.2, -0.15) is 0 Å². The van der Waals surface area contributed by atoms with Gasteiger partial charge in [0.1, 0.15) is 18.0 Å². The second kappa shape index (κ2) is 8.64. The lowest BCUT2D eigenvalue weighted by Gasteiger charge is -2.23. The number of rotatable bonds is 5. The fraction of sp³-hybridized carbons (Fsp3) is 0.348. The number of halogens is 2. The number of phenolic OH excluding ortho intramolecular Hbond substituents is 1. The average Bonchev–Trinajstić information content (AvgIpc) is 3.47. The van der Waals surface area contributed by atoms with Crippen molar-refractivity contribution in [1.82, 2.24) is 10.6 Å². The van der Waals surface area contributed by atoms with Crippen molar-refractivity contribution in [1.29, 1.82) is 0 Å². The number of amides is 4. The van der Waals surface area contributed by atoms with E-state index < -0.39 is 6.03 Å². The first kappa shape index (κ1) is 22.2. The first-order valence-corrected chi connectivity index (χ1v) is 12.3. The van der Waals surface area contributed by atoms with E-state index in [9.17, 15) is 19.5 Å². The average molecular weight is 579 g/mol. The molecule has 0 radical (unpaired) electrons. The van der Waals surface area contributed by atoms with Gasteiger partial charge in [0, 0.05) is 11.7 Å². The van der Waals surface area contributed by atoms with Gasteiger partial charge in [0.05, 0.1) is 14.5 Å².